The van der Waals surface area contributed by atoms with Crippen molar-refractivity contribution in [1.29, 1.82) is 0 Å². The third-order valence-corrected chi connectivity index (χ3v) is 5.43. The molecule has 4 N–H and O–H groups in total. The van der Waals surface area contributed by atoms with Gasteiger partial charge in [-0.1, -0.05) is 50.6 Å². The quantitative estimate of drug-likeness (QED) is 0.585. The second-order valence-electron chi connectivity index (χ2n) is 8.34. The van der Waals surface area contributed by atoms with Crippen LogP contribution in [0.3, 0.4) is 0 Å². The summed E-state index contributed by atoms with van der Waals surface area (Å²) in [5, 5.41) is 8.70. The van der Waals surface area contributed by atoms with E-state index in [0.717, 1.165) is 16.3 Å². The van der Waals surface area contributed by atoms with Crippen LogP contribution in [-0.4, -0.2) is 24.1 Å². The SMILES string of the molecule is CC(C)(C)C(N)=O.Cc1ccc(-c2cc(C(F)(F)F)nn2-c2ccc(S(N)(=O)=O)cc2)cc1. The van der Waals surface area contributed by atoms with E-state index in [1.54, 1.807) is 45.0 Å². The highest BCUT2D eigenvalue weighted by molar-refractivity contribution is 7.89. The van der Waals surface area contributed by atoms with Crippen molar-refractivity contribution in [3.05, 3.63) is 65.9 Å². The second-order valence-corrected chi connectivity index (χ2v) is 9.90. The molecule has 0 aliphatic carbocycles. The summed E-state index contributed by atoms with van der Waals surface area (Å²) >= 11 is 0. The average Bonchev–Trinajstić information content (AvgIpc) is 3.13. The van der Waals surface area contributed by atoms with Crippen molar-refractivity contribution in [3.8, 4) is 16.9 Å². The predicted molar refractivity (Wildman–Crippen MR) is 119 cm³/mol. The van der Waals surface area contributed by atoms with Gasteiger partial charge in [-0.25, -0.2) is 18.2 Å². The second kappa shape index (κ2) is 9.36. The number of aromatic nitrogens is 2. The first-order valence-corrected chi connectivity index (χ1v) is 11.2. The summed E-state index contributed by atoms with van der Waals surface area (Å²) in [6.07, 6.45) is -4.61. The summed E-state index contributed by atoms with van der Waals surface area (Å²) in [7, 11) is -3.90. The Bertz CT molecular complexity index is 1230. The minimum atomic E-state index is -4.61. The molecule has 1 aromatic heterocycles. The highest BCUT2D eigenvalue weighted by Gasteiger charge is 2.35. The molecule has 2 aromatic carbocycles. The molecular formula is C22H25F3N4O3S. The summed E-state index contributed by atoms with van der Waals surface area (Å²) < 4.78 is 63.2. The minimum absolute atomic E-state index is 0.138. The number of nitrogens with two attached hydrogens (primary N) is 2. The Labute approximate surface area is 190 Å². The number of primary sulfonamides is 1. The number of amides is 1. The fourth-order valence-corrected chi connectivity index (χ4v) is 2.94. The molecule has 11 heteroatoms. The highest BCUT2D eigenvalue weighted by atomic mass is 32.2. The Hall–Kier alpha value is -3.18. The van der Waals surface area contributed by atoms with E-state index in [1.165, 1.54) is 24.3 Å². The molecule has 0 spiro atoms. The average molecular weight is 483 g/mol. The van der Waals surface area contributed by atoms with Crippen molar-refractivity contribution in [3.63, 3.8) is 0 Å². The Kier molecular flexibility index (Phi) is 7.39. The fourth-order valence-electron chi connectivity index (χ4n) is 2.42. The number of hydrogen-bond acceptors (Lipinski definition) is 4. The van der Waals surface area contributed by atoms with Crippen molar-refractivity contribution >= 4 is 15.9 Å². The number of nitrogens with zero attached hydrogens (tertiary/aromatic N) is 2. The molecule has 0 aliphatic heterocycles. The Morgan fingerprint density at radius 1 is 0.970 bits per heavy atom. The number of rotatable bonds is 3. The van der Waals surface area contributed by atoms with Gasteiger partial charge in [0.25, 0.3) is 0 Å². The lowest BCUT2D eigenvalue weighted by atomic mass is 9.96. The number of halogens is 3. The molecule has 0 saturated heterocycles. The van der Waals surface area contributed by atoms with Crippen LogP contribution in [0.2, 0.25) is 0 Å². The van der Waals surface area contributed by atoms with E-state index < -0.39 is 21.9 Å². The normalized spacial score (nSPS) is 12.1. The molecular weight excluding hydrogens is 457 g/mol. The van der Waals surface area contributed by atoms with Gasteiger partial charge in [-0.3, -0.25) is 4.79 Å². The molecule has 33 heavy (non-hydrogen) atoms. The maximum absolute atomic E-state index is 13.1. The molecule has 0 unspecified atom stereocenters. The maximum atomic E-state index is 13.1. The first kappa shape index (κ1) is 26.1. The molecule has 0 saturated carbocycles. The molecule has 3 rings (SSSR count). The molecule has 1 heterocycles. The van der Waals surface area contributed by atoms with Crippen molar-refractivity contribution in [1.82, 2.24) is 9.78 Å². The van der Waals surface area contributed by atoms with Gasteiger partial charge >= 0.3 is 6.18 Å². The van der Waals surface area contributed by atoms with Gasteiger partial charge in [-0.15, -0.1) is 0 Å². The van der Waals surface area contributed by atoms with E-state index in [4.69, 9.17) is 10.9 Å². The molecule has 0 atom stereocenters. The lowest BCUT2D eigenvalue weighted by Gasteiger charge is -2.10. The number of carbonyl (C=O) groups excluding carboxylic acids is 1. The van der Waals surface area contributed by atoms with Crippen LogP contribution >= 0.6 is 0 Å². The van der Waals surface area contributed by atoms with E-state index in [1.807, 2.05) is 6.92 Å². The van der Waals surface area contributed by atoms with Crippen LogP contribution in [-0.2, 0) is 21.0 Å². The van der Waals surface area contributed by atoms with Gasteiger partial charge in [0.15, 0.2) is 5.69 Å². The number of alkyl halides is 3. The van der Waals surface area contributed by atoms with Gasteiger partial charge < -0.3 is 5.73 Å². The molecule has 0 aliphatic rings. The molecule has 178 valence electrons. The van der Waals surface area contributed by atoms with E-state index in [0.29, 0.717) is 5.56 Å². The van der Waals surface area contributed by atoms with Crippen LogP contribution in [0.1, 0.15) is 32.0 Å². The third-order valence-electron chi connectivity index (χ3n) is 4.50. The summed E-state index contributed by atoms with van der Waals surface area (Å²) in [4.78, 5) is 10.1. The standard InChI is InChI=1S/C17H14F3N3O2S.C5H11NO/c1-11-2-4-12(5-3-11)15-10-16(17(18,19)20)22-23(15)13-6-8-14(9-7-13)26(21,24)25;1-5(2,3)4(6)7/h2-10H,1H3,(H2,21,24,25);1-3H3,(H2,6,7). The largest absolute Gasteiger partial charge is 0.435 e. The van der Waals surface area contributed by atoms with Crippen molar-refractivity contribution in [2.24, 2.45) is 16.3 Å². The van der Waals surface area contributed by atoms with Gasteiger partial charge in [0.05, 0.1) is 16.3 Å². The summed E-state index contributed by atoms with van der Waals surface area (Å²) in [6, 6.07) is 13.1. The van der Waals surface area contributed by atoms with Crippen molar-refractivity contribution in [2.45, 2.75) is 38.8 Å². The highest BCUT2D eigenvalue weighted by Crippen LogP contribution is 2.33. The predicted octanol–water partition coefficient (Wildman–Crippen LogP) is 4.03. The Balaban J connectivity index is 0.000000479. The van der Waals surface area contributed by atoms with Gasteiger partial charge in [-0.2, -0.15) is 18.3 Å². The van der Waals surface area contributed by atoms with Crippen LogP contribution in [0.25, 0.3) is 16.9 Å². The Morgan fingerprint density at radius 3 is 1.85 bits per heavy atom. The number of carbonyl (C=O) groups is 1. The van der Waals surface area contributed by atoms with E-state index in [9.17, 15) is 26.4 Å². The number of benzene rings is 2. The zero-order chi connectivity index (χ0) is 25.2. The van der Waals surface area contributed by atoms with Crippen molar-refractivity contribution < 1.29 is 26.4 Å². The molecule has 1 amide bonds. The summed E-state index contributed by atoms with van der Waals surface area (Å²) in [6.45, 7) is 7.23. The molecule has 0 radical (unpaired) electrons. The molecule has 3 aromatic rings. The van der Waals surface area contributed by atoms with Crippen LogP contribution in [0, 0.1) is 12.3 Å². The van der Waals surface area contributed by atoms with Gasteiger partial charge in [0, 0.05) is 11.0 Å². The van der Waals surface area contributed by atoms with Gasteiger partial charge in [0.1, 0.15) is 0 Å². The fraction of sp³-hybridized carbons (Fsp3) is 0.273. The minimum Gasteiger partial charge on any atom is -0.369 e. The van der Waals surface area contributed by atoms with E-state index in [-0.39, 0.29) is 27.6 Å². The van der Waals surface area contributed by atoms with Crippen LogP contribution in [0.15, 0.2) is 59.5 Å². The third kappa shape index (κ3) is 6.90. The van der Waals surface area contributed by atoms with Crippen LogP contribution < -0.4 is 10.9 Å². The number of primary amides is 1. The molecule has 7 nitrogen and oxygen atoms in total. The smallest absolute Gasteiger partial charge is 0.369 e. The van der Waals surface area contributed by atoms with E-state index >= 15 is 0 Å². The monoisotopic (exact) mass is 482 g/mol. The first-order valence-electron chi connectivity index (χ1n) is 9.67. The van der Waals surface area contributed by atoms with Gasteiger partial charge in [0.2, 0.25) is 15.9 Å². The summed E-state index contributed by atoms with van der Waals surface area (Å²) in [5.41, 5.74) is 5.57. The van der Waals surface area contributed by atoms with Gasteiger partial charge in [-0.05, 0) is 37.3 Å². The lowest BCUT2D eigenvalue weighted by molar-refractivity contribution is -0.141. The number of aryl methyl sites for hydroxylation is 1. The van der Waals surface area contributed by atoms with Crippen LogP contribution in [0.5, 0.6) is 0 Å². The van der Waals surface area contributed by atoms with E-state index in [2.05, 4.69) is 5.10 Å². The Morgan fingerprint density at radius 2 is 1.45 bits per heavy atom. The zero-order valence-electron chi connectivity index (χ0n) is 18.5. The maximum Gasteiger partial charge on any atom is 0.435 e. The lowest BCUT2D eigenvalue weighted by Crippen LogP contribution is -2.27. The zero-order valence-corrected chi connectivity index (χ0v) is 19.3. The number of hydrogen-bond donors (Lipinski definition) is 2. The van der Waals surface area contributed by atoms with Crippen molar-refractivity contribution in [2.75, 3.05) is 0 Å². The number of sulfonamides is 1. The molecule has 0 bridgehead atoms. The topological polar surface area (TPSA) is 121 Å². The summed E-state index contributed by atoms with van der Waals surface area (Å²) in [5.74, 6) is -0.257. The van der Waals surface area contributed by atoms with Crippen LogP contribution in [0.4, 0.5) is 13.2 Å². The molecule has 0 fully saturated rings. The first-order chi connectivity index (χ1) is 15.0.